The van der Waals surface area contributed by atoms with Crippen LogP contribution >= 0.6 is 0 Å². The van der Waals surface area contributed by atoms with E-state index in [1.807, 2.05) is 26.2 Å². The van der Waals surface area contributed by atoms with Gasteiger partial charge in [-0.15, -0.1) is 0 Å². The smallest absolute Gasteiger partial charge is 0.250 e. The summed E-state index contributed by atoms with van der Waals surface area (Å²) >= 11 is 0. The second-order valence-electron chi connectivity index (χ2n) is 8.55. The van der Waals surface area contributed by atoms with Crippen LogP contribution in [0.4, 0.5) is 11.4 Å². The lowest BCUT2D eigenvalue weighted by Gasteiger charge is -2.34. The molecule has 0 spiro atoms. The van der Waals surface area contributed by atoms with Gasteiger partial charge < -0.3 is 9.80 Å². The van der Waals surface area contributed by atoms with Crippen molar-refractivity contribution in [3.63, 3.8) is 0 Å². The van der Waals surface area contributed by atoms with Gasteiger partial charge in [-0.3, -0.25) is 9.59 Å². The van der Waals surface area contributed by atoms with E-state index in [9.17, 15) is 9.59 Å². The molecule has 142 valence electrons. The first-order valence-corrected chi connectivity index (χ1v) is 9.95. The number of hydrogen-bond donors (Lipinski definition) is 0. The molecule has 27 heavy (non-hydrogen) atoms. The molecule has 0 bridgehead atoms. The molecule has 4 nitrogen and oxygen atoms in total. The first kappa shape index (κ1) is 18.0. The molecule has 1 heterocycles. The van der Waals surface area contributed by atoms with Crippen molar-refractivity contribution in [2.24, 2.45) is 0 Å². The minimum Gasteiger partial charge on any atom is -0.368 e. The monoisotopic (exact) mass is 364 g/mol. The summed E-state index contributed by atoms with van der Waals surface area (Å²) in [6.45, 7) is 4.36. The maximum Gasteiger partial charge on any atom is 0.250 e. The van der Waals surface area contributed by atoms with Gasteiger partial charge in [-0.2, -0.15) is 0 Å². The average molecular weight is 364 g/mol. The SMILES string of the molecule is CN1/C(=C\c2c(N(C)C3CCCCC3)c(=O)c2=O)C(C)(C)c2ccccc21. The molecule has 2 aliphatic rings. The van der Waals surface area contributed by atoms with Gasteiger partial charge in [0.15, 0.2) is 0 Å². The first-order chi connectivity index (χ1) is 12.8. The Morgan fingerprint density at radius 3 is 2.41 bits per heavy atom. The van der Waals surface area contributed by atoms with Crippen LogP contribution in [-0.2, 0) is 5.41 Å². The van der Waals surface area contributed by atoms with Gasteiger partial charge in [0.1, 0.15) is 5.69 Å². The Morgan fingerprint density at radius 2 is 1.74 bits per heavy atom. The summed E-state index contributed by atoms with van der Waals surface area (Å²) in [4.78, 5) is 29.1. The van der Waals surface area contributed by atoms with Gasteiger partial charge in [0, 0.05) is 36.9 Å². The summed E-state index contributed by atoms with van der Waals surface area (Å²) in [7, 11) is 4.02. The van der Waals surface area contributed by atoms with Gasteiger partial charge in [0.2, 0.25) is 10.9 Å². The summed E-state index contributed by atoms with van der Waals surface area (Å²) in [5, 5.41) is 0. The highest BCUT2D eigenvalue weighted by Gasteiger charge is 2.39. The van der Waals surface area contributed by atoms with E-state index in [1.54, 1.807) is 0 Å². The number of rotatable bonds is 3. The van der Waals surface area contributed by atoms with Crippen LogP contribution in [0, 0.1) is 0 Å². The molecule has 1 saturated carbocycles. The molecule has 0 atom stereocenters. The lowest BCUT2D eigenvalue weighted by Crippen LogP contribution is -2.46. The van der Waals surface area contributed by atoms with Gasteiger partial charge in [-0.05, 0) is 30.5 Å². The molecular weight excluding hydrogens is 336 g/mol. The minimum atomic E-state index is -0.347. The van der Waals surface area contributed by atoms with E-state index in [4.69, 9.17) is 0 Å². The fourth-order valence-electron chi connectivity index (χ4n) is 4.93. The van der Waals surface area contributed by atoms with E-state index in [0.29, 0.717) is 17.3 Å². The summed E-state index contributed by atoms with van der Waals surface area (Å²) in [6.07, 6.45) is 7.82. The van der Waals surface area contributed by atoms with Crippen molar-refractivity contribution in [2.45, 2.75) is 57.4 Å². The highest BCUT2D eigenvalue weighted by molar-refractivity contribution is 5.80. The number of nitrogens with zero attached hydrogens (tertiary/aromatic N) is 2. The Labute approximate surface area is 160 Å². The normalized spacial score (nSPS) is 21.0. The Kier molecular flexibility index (Phi) is 4.25. The Bertz CT molecular complexity index is 973. The standard InChI is InChI=1S/C23H28N2O2/c1-23(2)17-12-8-9-13-18(17)25(4)19(23)14-16-20(22(27)21(16)26)24(3)15-10-6-5-7-11-15/h8-9,12-15H,5-7,10-11H2,1-4H3/b19-14-. The number of anilines is 2. The van der Waals surface area contributed by atoms with Crippen molar-refractivity contribution in [3.8, 4) is 0 Å². The van der Waals surface area contributed by atoms with Crippen molar-refractivity contribution in [1.29, 1.82) is 0 Å². The summed E-state index contributed by atoms with van der Waals surface area (Å²) in [5.41, 5.74) is 3.79. The number of fused-ring (bicyclic) bond motifs is 1. The van der Waals surface area contributed by atoms with Crippen molar-refractivity contribution >= 4 is 17.5 Å². The third-order valence-electron chi connectivity index (χ3n) is 6.62. The number of likely N-dealkylation sites (N-methyl/N-ethyl adjacent to an activating group) is 1. The van der Waals surface area contributed by atoms with Gasteiger partial charge >= 0.3 is 0 Å². The fourth-order valence-corrected chi connectivity index (χ4v) is 4.93. The van der Waals surface area contributed by atoms with E-state index in [1.165, 1.54) is 24.8 Å². The number of allylic oxidation sites excluding steroid dienone is 1. The van der Waals surface area contributed by atoms with Crippen LogP contribution in [0.15, 0.2) is 39.6 Å². The molecule has 1 fully saturated rings. The second kappa shape index (κ2) is 6.36. The molecule has 0 saturated heterocycles. The van der Waals surface area contributed by atoms with E-state index in [2.05, 4.69) is 41.8 Å². The molecule has 0 unspecified atom stereocenters. The van der Waals surface area contributed by atoms with Crippen molar-refractivity contribution in [1.82, 2.24) is 0 Å². The molecule has 0 radical (unpaired) electrons. The summed E-state index contributed by atoms with van der Waals surface area (Å²) in [5.74, 6) is 0. The molecule has 2 aromatic carbocycles. The molecule has 1 aliphatic carbocycles. The predicted molar refractivity (Wildman–Crippen MR) is 112 cm³/mol. The maximum atomic E-state index is 12.4. The molecule has 4 heteroatoms. The highest BCUT2D eigenvalue weighted by Crippen LogP contribution is 2.47. The Hall–Kier alpha value is -2.36. The molecule has 0 amide bonds. The van der Waals surface area contributed by atoms with Crippen LogP contribution in [0.25, 0.3) is 6.08 Å². The Balaban J connectivity index is 1.75. The number of para-hydroxylation sites is 1. The first-order valence-electron chi connectivity index (χ1n) is 9.95. The number of hydrogen-bond acceptors (Lipinski definition) is 4. The van der Waals surface area contributed by atoms with Gasteiger partial charge in [-0.25, -0.2) is 0 Å². The zero-order chi connectivity index (χ0) is 19.3. The topological polar surface area (TPSA) is 40.6 Å². The van der Waals surface area contributed by atoms with Crippen LogP contribution < -0.4 is 20.7 Å². The quantitative estimate of drug-likeness (QED) is 0.777. The van der Waals surface area contributed by atoms with E-state index in [0.717, 1.165) is 24.2 Å². The molecular formula is C23H28N2O2. The lowest BCUT2D eigenvalue weighted by atomic mass is 9.83. The van der Waals surface area contributed by atoms with Crippen molar-refractivity contribution in [2.75, 3.05) is 23.9 Å². The lowest BCUT2D eigenvalue weighted by molar-refractivity contribution is 0.426. The predicted octanol–water partition coefficient (Wildman–Crippen LogP) is 3.82. The molecule has 4 rings (SSSR count). The summed E-state index contributed by atoms with van der Waals surface area (Å²) in [6, 6.07) is 8.70. The highest BCUT2D eigenvalue weighted by atomic mass is 16.2. The zero-order valence-electron chi connectivity index (χ0n) is 16.7. The molecule has 0 aromatic heterocycles. The maximum absolute atomic E-state index is 12.4. The number of benzene rings is 1. The second-order valence-corrected chi connectivity index (χ2v) is 8.55. The third-order valence-corrected chi connectivity index (χ3v) is 6.62. The summed E-state index contributed by atoms with van der Waals surface area (Å²) < 4.78 is 0. The minimum absolute atomic E-state index is 0.203. The van der Waals surface area contributed by atoms with Gasteiger partial charge in [-0.1, -0.05) is 51.3 Å². The molecule has 0 N–H and O–H groups in total. The third kappa shape index (κ3) is 2.65. The van der Waals surface area contributed by atoms with Crippen molar-refractivity contribution < 1.29 is 0 Å². The van der Waals surface area contributed by atoms with Crippen LogP contribution in [0.2, 0.25) is 0 Å². The largest absolute Gasteiger partial charge is 0.368 e. The van der Waals surface area contributed by atoms with E-state index < -0.39 is 0 Å². The fraction of sp³-hybridized carbons (Fsp3) is 0.478. The van der Waals surface area contributed by atoms with Crippen LogP contribution in [-0.4, -0.2) is 20.1 Å². The van der Waals surface area contributed by atoms with Gasteiger partial charge in [0.05, 0.1) is 5.56 Å². The van der Waals surface area contributed by atoms with E-state index in [-0.39, 0.29) is 16.3 Å². The molecule has 2 aromatic rings. The zero-order valence-corrected chi connectivity index (χ0v) is 16.7. The average Bonchev–Trinajstić information content (AvgIpc) is 2.88. The van der Waals surface area contributed by atoms with Gasteiger partial charge in [0.25, 0.3) is 0 Å². The van der Waals surface area contributed by atoms with Crippen LogP contribution in [0.1, 0.15) is 57.1 Å². The van der Waals surface area contributed by atoms with Crippen LogP contribution in [0.3, 0.4) is 0 Å². The van der Waals surface area contributed by atoms with Crippen LogP contribution in [0.5, 0.6) is 0 Å². The van der Waals surface area contributed by atoms with E-state index >= 15 is 0 Å². The Morgan fingerprint density at radius 1 is 1.07 bits per heavy atom. The van der Waals surface area contributed by atoms with Crippen molar-refractivity contribution in [3.05, 3.63) is 61.5 Å². The molecule has 1 aliphatic heterocycles.